The number of anilines is 1. The van der Waals surface area contributed by atoms with Crippen molar-refractivity contribution < 1.29 is 0 Å². The fourth-order valence-electron chi connectivity index (χ4n) is 1.97. The molecule has 0 saturated heterocycles. The first-order valence-corrected chi connectivity index (χ1v) is 6.68. The number of benzene rings is 2. The molecule has 0 atom stereocenters. The largest absolute Gasteiger partial charge is 0.384 e. The van der Waals surface area contributed by atoms with Crippen LogP contribution in [0.25, 0.3) is 11.1 Å². The fraction of sp³-hybridized carbons (Fsp3) is 0.235. The Morgan fingerprint density at radius 2 is 1.80 bits per heavy atom. The van der Waals surface area contributed by atoms with Gasteiger partial charge < -0.3 is 10.2 Å². The molecule has 102 valence electrons. The van der Waals surface area contributed by atoms with Crippen LogP contribution in [0.5, 0.6) is 0 Å². The highest BCUT2D eigenvalue weighted by atomic mass is 15.1. The molecule has 0 saturated carbocycles. The topological polar surface area (TPSA) is 39.1 Å². The summed E-state index contributed by atoms with van der Waals surface area (Å²) in [7, 11) is 4.12. The lowest BCUT2D eigenvalue weighted by atomic mass is 10.0. The summed E-state index contributed by atoms with van der Waals surface area (Å²) in [5.41, 5.74) is 4.01. The molecule has 1 N–H and O–H groups in total. The lowest BCUT2D eigenvalue weighted by Crippen LogP contribution is -2.20. The first-order valence-electron chi connectivity index (χ1n) is 6.68. The van der Waals surface area contributed by atoms with E-state index >= 15 is 0 Å². The number of likely N-dealkylation sites (N-methyl/N-ethyl adjacent to an activating group) is 1. The zero-order chi connectivity index (χ0) is 14.4. The number of nitriles is 1. The Labute approximate surface area is 120 Å². The van der Waals surface area contributed by atoms with Crippen LogP contribution in [0.15, 0.2) is 48.5 Å². The van der Waals surface area contributed by atoms with Crippen LogP contribution in [0, 0.1) is 11.3 Å². The third-order valence-electron chi connectivity index (χ3n) is 3.10. The van der Waals surface area contributed by atoms with Gasteiger partial charge in [-0.05, 0) is 49.5 Å². The molecule has 0 radical (unpaired) electrons. The standard InChI is InChI=1S/C17H19N3/c1-20(2)11-10-19-17-8-6-15(7-9-17)16-5-3-4-14(12-16)13-18/h3-9,12,19H,10-11H2,1-2H3. The Balaban J connectivity index is 2.06. The molecule has 20 heavy (non-hydrogen) atoms. The predicted octanol–water partition coefficient (Wildman–Crippen LogP) is 3.20. The molecule has 0 bridgehead atoms. The molecule has 3 heteroatoms. The monoisotopic (exact) mass is 265 g/mol. The minimum atomic E-state index is 0.690. The second-order valence-corrected chi connectivity index (χ2v) is 5.00. The van der Waals surface area contributed by atoms with Gasteiger partial charge in [0, 0.05) is 18.8 Å². The van der Waals surface area contributed by atoms with Gasteiger partial charge in [-0.25, -0.2) is 0 Å². The van der Waals surface area contributed by atoms with Crippen LogP contribution in [0.1, 0.15) is 5.56 Å². The van der Waals surface area contributed by atoms with Crippen molar-refractivity contribution in [2.45, 2.75) is 0 Å². The second kappa shape index (κ2) is 6.74. The van der Waals surface area contributed by atoms with Crippen molar-refractivity contribution >= 4 is 5.69 Å². The Bertz CT molecular complexity index is 594. The molecule has 2 rings (SSSR count). The van der Waals surface area contributed by atoms with E-state index in [2.05, 4.69) is 54.6 Å². The maximum absolute atomic E-state index is 8.93. The summed E-state index contributed by atoms with van der Waals surface area (Å²) in [5.74, 6) is 0. The van der Waals surface area contributed by atoms with E-state index in [-0.39, 0.29) is 0 Å². The highest BCUT2D eigenvalue weighted by Gasteiger charge is 1.99. The fourth-order valence-corrected chi connectivity index (χ4v) is 1.97. The van der Waals surface area contributed by atoms with Gasteiger partial charge in [-0.15, -0.1) is 0 Å². The lowest BCUT2D eigenvalue weighted by Gasteiger charge is -2.11. The first kappa shape index (κ1) is 14.1. The van der Waals surface area contributed by atoms with Crippen LogP contribution in [-0.2, 0) is 0 Å². The van der Waals surface area contributed by atoms with Crippen molar-refractivity contribution in [3.8, 4) is 17.2 Å². The van der Waals surface area contributed by atoms with Crippen LogP contribution in [0.4, 0.5) is 5.69 Å². The summed E-state index contributed by atoms with van der Waals surface area (Å²) in [6, 6.07) is 18.1. The van der Waals surface area contributed by atoms with Gasteiger partial charge in [0.2, 0.25) is 0 Å². The van der Waals surface area contributed by atoms with Gasteiger partial charge in [-0.3, -0.25) is 0 Å². The molecular weight excluding hydrogens is 246 g/mol. The molecule has 0 heterocycles. The molecule has 0 aliphatic rings. The summed E-state index contributed by atoms with van der Waals surface area (Å²) < 4.78 is 0. The van der Waals surface area contributed by atoms with Crippen molar-refractivity contribution in [2.24, 2.45) is 0 Å². The quantitative estimate of drug-likeness (QED) is 0.902. The second-order valence-electron chi connectivity index (χ2n) is 5.00. The summed E-state index contributed by atoms with van der Waals surface area (Å²) >= 11 is 0. The van der Waals surface area contributed by atoms with Gasteiger partial charge in [-0.2, -0.15) is 5.26 Å². The summed E-state index contributed by atoms with van der Waals surface area (Å²) in [6.07, 6.45) is 0. The van der Waals surface area contributed by atoms with Gasteiger partial charge in [-0.1, -0.05) is 24.3 Å². The van der Waals surface area contributed by atoms with Crippen molar-refractivity contribution in [3.63, 3.8) is 0 Å². The maximum atomic E-state index is 8.93. The van der Waals surface area contributed by atoms with E-state index in [9.17, 15) is 0 Å². The van der Waals surface area contributed by atoms with Gasteiger partial charge in [0.25, 0.3) is 0 Å². The normalized spacial score (nSPS) is 10.3. The van der Waals surface area contributed by atoms with Crippen LogP contribution in [0.3, 0.4) is 0 Å². The Hall–Kier alpha value is -2.31. The Morgan fingerprint density at radius 1 is 1.05 bits per heavy atom. The summed E-state index contributed by atoms with van der Waals surface area (Å²) in [4.78, 5) is 2.15. The highest BCUT2D eigenvalue weighted by Crippen LogP contribution is 2.22. The van der Waals surface area contributed by atoms with Crippen molar-refractivity contribution in [1.82, 2.24) is 4.90 Å². The molecular formula is C17H19N3. The molecule has 0 amide bonds. The van der Waals surface area contributed by atoms with Crippen LogP contribution in [-0.4, -0.2) is 32.1 Å². The number of hydrogen-bond donors (Lipinski definition) is 1. The van der Waals surface area contributed by atoms with Crippen molar-refractivity contribution in [1.29, 1.82) is 5.26 Å². The van der Waals surface area contributed by atoms with Gasteiger partial charge in [0.15, 0.2) is 0 Å². The highest BCUT2D eigenvalue weighted by molar-refractivity contribution is 5.67. The molecule has 0 aliphatic carbocycles. The zero-order valence-corrected chi connectivity index (χ0v) is 11.9. The molecule has 0 aliphatic heterocycles. The summed E-state index contributed by atoms with van der Waals surface area (Å²) in [6.45, 7) is 1.93. The van der Waals surface area contributed by atoms with Gasteiger partial charge in [0.05, 0.1) is 11.6 Å². The van der Waals surface area contributed by atoms with E-state index in [0.717, 1.165) is 29.9 Å². The van der Waals surface area contributed by atoms with Crippen LogP contribution in [0.2, 0.25) is 0 Å². The minimum absolute atomic E-state index is 0.690. The molecule has 2 aromatic rings. The third kappa shape index (κ3) is 3.84. The first-order chi connectivity index (χ1) is 9.69. The minimum Gasteiger partial charge on any atom is -0.384 e. The molecule has 3 nitrogen and oxygen atoms in total. The third-order valence-corrected chi connectivity index (χ3v) is 3.10. The van der Waals surface area contributed by atoms with E-state index in [0.29, 0.717) is 5.56 Å². The van der Waals surface area contributed by atoms with Crippen LogP contribution >= 0.6 is 0 Å². The lowest BCUT2D eigenvalue weighted by molar-refractivity contribution is 0.425. The predicted molar refractivity (Wildman–Crippen MR) is 83.6 cm³/mol. The summed E-state index contributed by atoms with van der Waals surface area (Å²) in [5, 5.41) is 12.3. The van der Waals surface area contributed by atoms with Crippen LogP contribution < -0.4 is 5.32 Å². The number of hydrogen-bond acceptors (Lipinski definition) is 3. The van der Waals surface area contributed by atoms with E-state index in [1.54, 1.807) is 0 Å². The number of nitrogens with one attached hydrogen (secondary N) is 1. The van der Waals surface area contributed by atoms with Gasteiger partial charge >= 0.3 is 0 Å². The van der Waals surface area contributed by atoms with Gasteiger partial charge in [0.1, 0.15) is 0 Å². The molecule has 2 aromatic carbocycles. The van der Waals surface area contributed by atoms with Crippen molar-refractivity contribution in [3.05, 3.63) is 54.1 Å². The van der Waals surface area contributed by atoms with E-state index in [1.807, 2.05) is 24.3 Å². The smallest absolute Gasteiger partial charge is 0.0991 e. The Kier molecular flexibility index (Phi) is 4.75. The average molecular weight is 265 g/mol. The number of nitrogens with zero attached hydrogens (tertiary/aromatic N) is 2. The van der Waals surface area contributed by atoms with E-state index in [1.165, 1.54) is 0 Å². The molecule has 0 aromatic heterocycles. The zero-order valence-electron chi connectivity index (χ0n) is 11.9. The number of rotatable bonds is 5. The molecule has 0 fully saturated rings. The Morgan fingerprint density at radius 3 is 2.45 bits per heavy atom. The van der Waals surface area contributed by atoms with Crippen molar-refractivity contribution in [2.75, 3.05) is 32.5 Å². The SMILES string of the molecule is CN(C)CCNc1ccc(-c2cccc(C#N)c2)cc1. The van der Waals surface area contributed by atoms with E-state index < -0.39 is 0 Å². The maximum Gasteiger partial charge on any atom is 0.0991 e. The average Bonchev–Trinajstić information content (AvgIpc) is 2.48. The molecule has 0 unspecified atom stereocenters. The molecule has 0 spiro atoms. The van der Waals surface area contributed by atoms with E-state index in [4.69, 9.17) is 5.26 Å².